The SMILES string of the molecule is CCC[C@H]1CCCN1Cc1c(Cl)cc(Cl)c(=O)n1CCc1ccc(C(=O)O)cc1.O=CC(F)(F)F. The zero-order valence-electron chi connectivity index (χ0n) is 19.2. The number of aryl methyl sites for hydroxylation is 1. The van der Waals surface area contributed by atoms with Crippen LogP contribution in [0.1, 0.15) is 54.2 Å². The van der Waals surface area contributed by atoms with Crippen LogP contribution in [-0.2, 0) is 24.3 Å². The van der Waals surface area contributed by atoms with Gasteiger partial charge in [-0.1, -0.05) is 48.7 Å². The average molecular weight is 535 g/mol. The molecule has 1 aromatic heterocycles. The second-order valence-corrected chi connectivity index (χ2v) is 9.02. The van der Waals surface area contributed by atoms with Crippen LogP contribution in [0.15, 0.2) is 35.1 Å². The molecule has 1 N–H and O–H groups in total. The van der Waals surface area contributed by atoms with E-state index in [2.05, 4.69) is 11.8 Å². The van der Waals surface area contributed by atoms with E-state index >= 15 is 0 Å². The van der Waals surface area contributed by atoms with Gasteiger partial charge in [0.2, 0.25) is 6.29 Å². The topological polar surface area (TPSA) is 79.6 Å². The molecule has 0 bridgehead atoms. The van der Waals surface area contributed by atoms with E-state index in [0.717, 1.165) is 37.1 Å². The summed E-state index contributed by atoms with van der Waals surface area (Å²) in [5.41, 5.74) is 1.76. The second kappa shape index (κ2) is 13.1. The molecule has 192 valence electrons. The van der Waals surface area contributed by atoms with Gasteiger partial charge in [-0.15, -0.1) is 0 Å². The van der Waals surface area contributed by atoms with Crippen molar-refractivity contribution < 1.29 is 27.9 Å². The zero-order valence-corrected chi connectivity index (χ0v) is 20.7. The Balaban J connectivity index is 0.000000641. The van der Waals surface area contributed by atoms with Crippen LogP contribution in [0.25, 0.3) is 0 Å². The summed E-state index contributed by atoms with van der Waals surface area (Å²) in [5.74, 6) is -0.955. The van der Waals surface area contributed by atoms with Crippen molar-refractivity contribution in [3.05, 3.63) is 67.6 Å². The highest BCUT2D eigenvalue weighted by Crippen LogP contribution is 2.27. The molecular weight excluding hydrogens is 508 g/mol. The molecule has 0 unspecified atom stereocenters. The van der Waals surface area contributed by atoms with Crippen LogP contribution in [0.4, 0.5) is 13.2 Å². The fourth-order valence-corrected chi connectivity index (χ4v) is 4.58. The fraction of sp³-hybridized carbons (Fsp3) is 0.458. The lowest BCUT2D eigenvalue weighted by atomic mass is 10.1. The summed E-state index contributed by atoms with van der Waals surface area (Å²) in [6.45, 7) is 4.27. The number of aromatic carboxylic acids is 1. The minimum atomic E-state index is -4.64. The highest BCUT2D eigenvalue weighted by molar-refractivity contribution is 6.34. The molecule has 35 heavy (non-hydrogen) atoms. The van der Waals surface area contributed by atoms with Gasteiger partial charge in [-0.3, -0.25) is 14.5 Å². The number of pyridine rings is 1. The molecule has 1 aliphatic heterocycles. The lowest BCUT2D eigenvalue weighted by Gasteiger charge is -2.26. The predicted octanol–water partition coefficient (Wildman–Crippen LogP) is 5.61. The van der Waals surface area contributed by atoms with Gasteiger partial charge in [0.05, 0.1) is 16.3 Å². The summed E-state index contributed by atoms with van der Waals surface area (Å²) < 4.78 is 32.9. The van der Waals surface area contributed by atoms with Crippen molar-refractivity contribution in [2.24, 2.45) is 0 Å². The molecule has 6 nitrogen and oxygen atoms in total. The summed E-state index contributed by atoms with van der Waals surface area (Å²) in [5, 5.41) is 9.66. The minimum absolute atomic E-state index is 0.117. The molecule has 0 saturated carbocycles. The molecule has 1 aliphatic rings. The number of aromatic nitrogens is 1. The Morgan fingerprint density at radius 3 is 2.37 bits per heavy atom. The van der Waals surface area contributed by atoms with Crippen LogP contribution >= 0.6 is 23.2 Å². The number of hydrogen-bond donors (Lipinski definition) is 1. The van der Waals surface area contributed by atoms with Gasteiger partial charge in [0.1, 0.15) is 5.02 Å². The lowest BCUT2D eigenvalue weighted by molar-refractivity contribution is -0.156. The Hall–Kier alpha value is -2.36. The van der Waals surface area contributed by atoms with Gasteiger partial charge in [-0.2, -0.15) is 13.2 Å². The van der Waals surface area contributed by atoms with E-state index in [1.165, 1.54) is 6.42 Å². The molecule has 0 aliphatic carbocycles. The Bertz CT molecular complexity index is 1070. The van der Waals surface area contributed by atoms with Crippen molar-refractivity contribution in [1.29, 1.82) is 0 Å². The number of carboxylic acid groups (broad SMARTS) is 1. The van der Waals surface area contributed by atoms with Gasteiger partial charge in [0, 0.05) is 19.1 Å². The zero-order chi connectivity index (χ0) is 26.2. The molecule has 2 aromatic rings. The molecule has 0 amide bonds. The maximum Gasteiger partial charge on any atom is 0.446 e. The normalized spacial score (nSPS) is 16.0. The van der Waals surface area contributed by atoms with Gasteiger partial charge in [-0.05, 0) is 56.0 Å². The number of aldehydes is 1. The Morgan fingerprint density at radius 1 is 1.20 bits per heavy atom. The van der Waals surface area contributed by atoms with E-state index in [9.17, 15) is 22.8 Å². The first kappa shape index (κ1) is 28.9. The van der Waals surface area contributed by atoms with Gasteiger partial charge < -0.3 is 9.67 Å². The first-order valence-corrected chi connectivity index (χ1v) is 11.9. The number of carbonyl (C=O) groups is 2. The average Bonchev–Trinajstić information content (AvgIpc) is 3.24. The van der Waals surface area contributed by atoms with Crippen molar-refractivity contribution in [3.63, 3.8) is 0 Å². The largest absolute Gasteiger partial charge is 0.478 e. The van der Waals surface area contributed by atoms with Crippen LogP contribution < -0.4 is 5.56 Å². The number of rotatable bonds is 8. The van der Waals surface area contributed by atoms with Gasteiger partial charge >= 0.3 is 12.1 Å². The molecule has 1 fully saturated rings. The summed E-state index contributed by atoms with van der Waals surface area (Å²) in [6.07, 6.45) is -0.496. The molecule has 1 atom stereocenters. The predicted molar refractivity (Wildman–Crippen MR) is 128 cm³/mol. The third-order valence-corrected chi connectivity index (χ3v) is 6.33. The van der Waals surface area contributed by atoms with Crippen LogP contribution in [0, 0.1) is 0 Å². The highest BCUT2D eigenvalue weighted by atomic mass is 35.5. The Morgan fingerprint density at radius 2 is 1.83 bits per heavy atom. The molecule has 1 saturated heterocycles. The van der Waals surface area contributed by atoms with E-state index in [4.69, 9.17) is 33.1 Å². The monoisotopic (exact) mass is 534 g/mol. The summed E-state index contributed by atoms with van der Waals surface area (Å²) in [7, 11) is 0. The lowest BCUT2D eigenvalue weighted by Crippen LogP contribution is -2.33. The molecule has 0 spiro atoms. The second-order valence-electron chi connectivity index (χ2n) is 8.21. The Labute approximate surface area is 211 Å². The Kier molecular flexibility index (Phi) is 10.8. The fourth-order valence-electron chi connectivity index (χ4n) is 4.04. The third-order valence-electron chi connectivity index (χ3n) is 5.74. The standard InChI is InChI=1S/C22H26Cl2N2O3.C2HF3O/c1-2-4-17-5-3-11-25(17)14-20-18(23)13-19(24)21(27)26(20)12-10-15-6-8-16(9-7-15)22(28)29;3-2(4,5)1-6/h6-9,13,17H,2-5,10-12,14H2,1H3,(H,28,29);1H/t17-;/m0./s1. The van der Waals surface area contributed by atoms with E-state index < -0.39 is 18.4 Å². The number of benzene rings is 1. The highest BCUT2D eigenvalue weighted by Gasteiger charge is 2.26. The van der Waals surface area contributed by atoms with Crippen LogP contribution in [0.5, 0.6) is 0 Å². The van der Waals surface area contributed by atoms with Crippen molar-refractivity contribution in [2.45, 2.75) is 64.3 Å². The van der Waals surface area contributed by atoms with Crippen molar-refractivity contribution in [1.82, 2.24) is 9.47 Å². The van der Waals surface area contributed by atoms with Crippen molar-refractivity contribution in [2.75, 3.05) is 6.54 Å². The summed E-state index contributed by atoms with van der Waals surface area (Å²) >= 11 is 12.6. The number of nitrogens with zero attached hydrogens (tertiary/aromatic N) is 2. The molecule has 1 aromatic carbocycles. The maximum atomic E-state index is 12.8. The van der Waals surface area contributed by atoms with Crippen molar-refractivity contribution >= 4 is 35.5 Å². The molecule has 3 rings (SSSR count). The quantitative estimate of drug-likeness (QED) is 0.445. The van der Waals surface area contributed by atoms with E-state index in [1.807, 2.05) is 0 Å². The number of likely N-dealkylation sites (tertiary alicyclic amines) is 1. The molecule has 11 heteroatoms. The van der Waals surface area contributed by atoms with Gasteiger partial charge in [-0.25, -0.2) is 4.79 Å². The smallest absolute Gasteiger partial charge is 0.446 e. The van der Waals surface area contributed by atoms with Crippen molar-refractivity contribution in [3.8, 4) is 0 Å². The summed E-state index contributed by atoms with van der Waals surface area (Å²) in [4.78, 5) is 34.9. The first-order chi connectivity index (χ1) is 16.5. The van der Waals surface area contributed by atoms with Crippen LogP contribution in [0.3, 0.4) is 0 Å². The van der Waals surface area contributed by atoms with E-state index in [-0.39, 0.29) is 16.1 Å². The summed E-state index contributed by atoms with van der Waals surface area (Å²) in [6, 6.07) is 8.77. The van der Waals surface area contributed by atoms with Crippen LogP contribution in [-0.4, -0.2) is 45.6 Å². The minimum Gasteiger partial charge on any atom is -0.478 e. The van der Waals surface area contributed by atoms with E-state index in [1.54, 1.807) is 34.9 Å². The number of halogens is 5. The number of carboxylic acids is 1. The van der Waals surface area contributed by atoms with E-state index in [0.29, 0.717) is 30.6 Å². The molecule has 0 radical (unpaired) electrons. The number of hydrogen-bond acceptors (Lipinski definition) is 4. The number of carbonyl (C=O) groups excluding carboxylic acids is 1. The van der Waals surface area contributed by atoms with Gasteiger partial charge in [0.25, 0.3) is 5.56 Å². The maximum absolute atomic E-state index is 12.8. The first-order valence-electron chi connectivity index (χ1n) is 11.1. The van der Waals surface area contributed by atoms with Gasteiger partial charge in [0.15, 0.2) is 0 Å². The molecular formula is C24H27Cl2F3N2O4. The van der Waals surface area contributed by atoms with Crippen LogP contribution in [0.2, 0.25) is 10.0 Å². The number of alkyl halides is 3. The third kappa shape index (κ3) is 8.66. The molecule has 2 heterocycles.